The number of nitrogens with zero attached hydrogens (tertiary/aromatic N) is 3. The van der Waals surface area contributed by atoms with Crippen molar-refractivity contribution >= 4 is 11.6 Å². The number of carbonyl (C=O) groups is 1. The van der Waals surface area contributed by atoms with Crippen LogP contribution in [0.25, 0.3) is 0 Å². The zero-order chi connectivity index (χ0) is 17.8. The third kappa shape index (κ3) is 3.76. The Morgan fingerprint density at radius 3 is 2.68 bits per heavy atom. The third-order valence-electron chi connectivity index (χ3n) is 4.80. The maximum absolute atomic E-state index is 12.9. The lowest BCUT2D eigenvalue weighted by atomic mass is 10.1. The highest BCUT2D eigenvalue weighted by molar-refractivity contribution is 5.94. The Labute approximate surface area is 149 Å². The maximum atomic E-state index is 12.9. The van der Waals surface area contributed by atoms with Crippen molar-refractivity contribution in [1.82, 2.24) is 9.88 Å². The molecule has 1 aromatic heterocycles. The molecule has 1 aromatic carbocycles. The van der Waals surface area contributed by atoms with Crippen LogP contribution in [0.1, 0.15) is 29.4 Å². The molecule has 0 radical (unpaired) electrons. The summed E-state index contributed by atoms with van der Waals surface area (Å²) in [7, 11) is 1.69. The second-order valence-electron chi connectivity index (χ2n) is 6.48. The molecule has 1 atom stereocenters. The van der Waals surface area contributed by atoms with E-state index in [1.165, 1.54) is 0 Å². The van der Waals surface area contributed by atoms with Gasteiger partial charge in [0.1, 0.15) is 5.75 Å². The molecular weight excluding hydrogens is 314 g/mol. The Balaban J connectivity index is 1.77. The molecule has 132 valence electrons. The molecule has 1 amide bonds. The van der Waals surface area contributed by atoms with Gasteiger partial charge >= 0.3 is 0 Å². The number of anilines is 1. The molecule has 2 aromatic rings. The zero-order valence-electron chi connectivity index (χ0n) is 15.1. The smallest absolute Gasteiger partial charge is 0.255 e. The number of amides is 1. The quantitative estimate of drug-likeness (QED) is 0.862. The summed E-state index contributed by atoms with van der Waals surface area (Å²) in [6.07, 6.45) is 2.59. The van der Waals surface area contributed by atoms with Crippen LogP contribution in [-0.2, 0) is 0 Å². The molecule has 0 N–H and O–H groups in total. The first-order valence-corrected chi connectivity index (χ1v) is 8.71. The van der Waals surface area contributed by atoms with Crippen molar-refractivity contribution in [3.63, 3.8) is 0 Å². The number of ether oxygens (including phenoxy) is 1. The highest BCUT2D eigenvalue weighted by Gasteiger charge is 2.26. The Kier molecular flexibility index (Phi) is 5.22. The molecule has 0 unspecified atom stereocenters. The van der Waals surface area contributed by atoms with Crippen molar-refractivity contribution in [3.8, 4) is 5.75 Å². The predicted molar refractivity (Wildman–Crippen MR) is 99.3 cm³/mol. The molecule has 1 aliphatic heterocycles. The van der Waals surface area contributed by atoms with Gasteiger partial charge in [-0.1, -0.05) is 12.1 Å². The fourth-order valence-electron chi connectivity index (χ4n) is 3.25. The average molecular weight is 339 g/mol. The highest BCUT2D eigenvalue weighted by Crippen LogP contribution is 2.29. The molecule has 0 bridgehead atoms. The molecule has 5 heteroatoms. The number of methoxy groups -OCH3 is 1. The standard InChI is InChI=1S/C20H25N3O2/c1-15-8-9-17(14-21-15)20(24)23-13-12-22(11-10-16(23)2)18-6-4-5-7-19(18)25-3/h4-9,14,16H,10-13H2,1-3H3/t16-/m0/s1. The van der Waals surface area contributed by atoms with Gasteiger partial charge in [0.2, 0.25) is 0 Å². The van der Waals surface area contributed by atoms with Gasteiger partial charge in [-0.15, -0.1) is 0 Å². The summed E-state index contributed by atoms with van der Waals surface area (Å²) < 4.78 is 5.49. The summed E-state index contributed by atoms with van der Waals surface area (Å²) >= 11 is 0. The molecule has 0 spiro atoms. The molecule has 5 nitrogen and oxygen atoms in total. The molecule has 3 rings (SSSR count). The normalized spacial score (nSPS) is 18.0. The monoisotopic (exact) mass is 339 g/mol. The van der Waals surface area contributed by atoms with Gasteiger partial charge in [0.05, 0.1) is 18.4 Å². The van der Waals surface area contributed by atoms with E-state index >= 15 is 0 Å². The summed E-state index contributed by atoms with van der Waals surface area (Å²) in [4.78, 5) is 21.4. The number of aryl methyl sites for hydroxylation is 1. The first-order chi connectivity index (χ1) is 12.1. The van der Waals surface area contributed by atoms with E-state index in [4.69, 9.17) is 4.74 Å². The summed E-state index contributed by atoms with van der Waals surface area (Å²) in [5.74, 6) is 0.930. The van der Waals surface area contributed by atoms with Gasteiger partial charge in [0, 0.05) is 37.6 Å². The number of pyridine rings is 1. The Morgan fingerprint density at radius 1 is 1.16 bits per heavy atom. The minimum Gasteiger partial charge on any atom is -0.495 e. The molecule has 1 saturated heterocycles. The van der Waals surface area contributed by atoms with E-state index < -0.39 is 0 Å². The fourth-order valence-corrected chi connectivity index (χ4v) is 3.25. The first kappa shape index (κ1) is 17.3. The van der Waals surface area contributed by atoms with E-state index in [2.05, 4.69) is 22.9 Å². The summed E-state index contributed by atoms with van der Waals surface area (Å²) in [6, 6.07) is 12.0. The summed E-state index contributed by atoms with van der Waals surface area (Å²) in [5, 5.41) is 0. The van der Waals surface area contributed by atoms with Crippen molar-refractivity contribution < 1.29 is 9.53 Å². The Morgan fingerprint density at radius 2 is 1.96 bits per heavy atom. The lowest BCUT2D eigenvalue weighted by Gasteiger charge is -2.27. The maximum Gasteiger partial charge on any atom is 0.255 e. The second-order valence-corrected chi connectivity index (χ2v) is 6.48. The minimum atomic E-state index is 0.0573. The van der Waals surface area contributed by atoms with Crippen LogP contribution >= 0.6 is 0 Å². The van der Waals surface area contributed by atoms with E-state index in [0.29, 0.717) is 12.1 Å². The van der Waals surface area contributed by atoms with E-state index in [-0.39, 0.29) is 11.9 Å². The van der Waals surface area contributed by atoms with Crippen LogP contribution in [0, 0.1) is 6.92 Å². The number of hydrogen-bond acceptors (Lipinski definition) is 4. The molecule has 1 fully saturated rings. The average Bonchev–Trinajstić information content (AvgIpc) is 2.83. The number of benzene rings is 1. The van der Waals surface area contributed by atoms with Gasteiger partial charge in [-0.25, -0.2) is 0 Å². The zero-order valence-corrected chi connectivity index (χ0v) is 15.1. The van der Waals surface area contributed by atoms with Gasteiger partial charge < -0.3 is 14.5 Å². The Bertz CT molecular complexity index is 730. The van der Waals surface area contributed by atoms with Crippen LogP contribution in [0.15, 0.2) is 42.6 Å². The van der Waals surface area contributed by atoms with Gasteiger partial charge in [-0.3, -0.25) is 9.78 Å². The van der Waals surface area contributed by atoms with E-state index in [1.807, 2.05) is 42.2 Å². The van der Waals surface area contributed by atoms with Crippen LogP contribution < -0.4 is 9.64 Å². The van der Waals surface area contributed by atoms with Gasteiger partial charge in [-0.05, 0) is 44.5 Å². The first-order valence-electron chi connectivity index (χ1n) is 8.71. The lowest BCUT2D eigenvalue weighted by molar-refractivity contribution is 0.0705. The summed E-state index contributed by atoms with van der Waals surface area (Å²) in [5.41, 5.74) is 2.66. The largest absolute Gasteiger partial charge is 0.495 e. The van der Waals surface area contributed by atoms with Crippen molar-refractivity contribution in [2.45, 2.75) is 26.3 Å². The molecule has 1 aliphatic rings. The van der Waals surface area contributed by atoms with Crippen LogP contribution in [0.5, 0.6) is 5.75 Å². The molecule has 25 heavy (non-hydrogen) atoms. The van der Waals surface area contributed by atoms with Crippen molar-refractivity contribution in [1.29, 1.82) is 0 Å². The summed E-state index contributed by atoms with van der Waals surface area (Å²) in [6.45, 7) is 6.41. The molecular formula is C20H25N3O2. The van der Waals surface area contributed by atoms with Gasteiger partial charge in [0.25, 0.3) is 5.91 Å². The van der Waals surface area contributed by atoms with Crippen molar-refractivity contribution in [2.24, 2.45) is 0 Å². The molecule has 2 heterocycles. The van der Waals surface area contributed by atoms with Crippen LogP contribution in [-0.4, -0.2) is 48.6 Å². The van der Waals surface area contributed by atoms with Crippen molar-refractivity contribution in [2.75, 3.05) is 31.6 Å². The van der Waals surface area contributed by atoms with Crippen LogP contribution in [0.3, 0.4) is 0 Å². The molecule has 0 aliphatic carbocycles. The number of aromatic nitrogens is 1. The number of hydrogen-bond donors (Lipinski definition) is 0. The highest BCUT2D eigenvalue weighted by atomic mass is 16.5. The SMILES string of the molecule is COc1ccccc1N1CC[C@H](C)N(C(=O)c2ccc(C)nc2)CC1. The predicted octanol–water partition coefficient (Wildman–Crippen LogP) is 3.14. The van der Waals surface area contributed by atoms with Gasteiger partial charge in [-0.2, -0.15) is 0 Å². The second kappa shape index (κ2) is 7.55. The lowest BCUT2D eigenvalue weighted by Crippen LogP contribution is -2.40. The number of rotatable bonds is 3. The number of para-hydroxylation sites is 2. The van der Waals surface area contributed by atoms with E-state index in [9.17, 15) is 4.79 Å². The van der Waals surface area contributed by atoms with Gasteiger partial charge in [0.15, 0.2) is 0 Å². The van der Waals surface area contributed by atoms with Crippen LogP contribution in [0.2, 0.25) is 0 Å². The third-order valence-corrected chi connectivity index (χ3v) is 4.80. The van der Waals surface area contributed by atoms with E-state index in [1.54, 1.807) is 13.3 Å². The topological polar surface area (TPSA) is 45.7 Å². The molecule has 0 saturated carbocycles. The minimum absolute atomic E-state index is 0.0573. The van der Waals surface area contributed by atoms with Crippen molar-refractivity contribution in [3.05, 3.63) is 53.9 Å². The Hall–Kier alpha value is -2.56. The number of carbonyl (C=O) groups excluding carboxylic acids is 1. The fraction of sp³-hybridized carbons (Fsp3) is 0.400. The van der Waals surface area contributed by atoms with E-state index in [0.717, 1.165) is 36.6 Å². The van der Waals surface area contributed by atoms with Crippen LogP contribution in [0.4, 0.5) is 5.69 Å².